The molecule has 2 heteroatoms. The summed E-state index contributed by atoms with van der Waals surface area (Å²) in [6.45, 7) is 8.80. The van der Waals surface area contributed by atoms with Gasteiger partial charge < -0.3 is 4.43 Å². The summed E-state index contributed by atoms with van der Waals surface area (Å²) in [5, 5.41) is 0. The van der Waals surface area contributed by atoms with Crippen LogP contribution in [0.4, 0.5) is 0 Å². The third kappa shape index (κ3) is 3.26. The van der Waals surface area contributed by atoms with E-state index in [4.69, 9.17) is 4.43 Å². The zero-order valence-corrected chi connectivity index (χ0v) is 9.48. The number of rotatable bonds is 2. The minimum Gasteiger partial charge on any atom is -0.547 e. The summed E-state index contributed by atoms with van der Waals surface area (Å²) in [5.41, 5.74) is 1.34. The minimum absolute atomic E-state index is 1.08. The molecule has 0 aromatic rings. The summed E-state index contributed by atoms with van der Waals surface area (Å²) >= 11 is 0. The van der Waals surface area contributed by atoms with Gasteiger partial charge in [0.05, 0.1) is 5.76 Å². The highest BCUT2D eigenvalue weighted by Crippen LogP contribution is 2.21. The molecule has 0 saturated heterocycles. The fourth-order valence-corrected chi connectivity index (χ4v) is 2.25. The minimum atomic E-state index is -1.37. The van der Waals surface area contributed by atoms with Gasteiger partial charge in [0.25, 0.3) is 0 Å². The van der Waals surface area contributed by atoms with E-state index in [1.807, 2.05) is 0 Å². The molecule has 0 amide bonds. The van der Waals surface area contributed by atoms with Crippen molar-refractivity contribution in [2.45, 2.75) is 39.4 Å². The molecule has 0 fully saturated rings. The maximum Gasteiger partial charge on any atom is 0.241 e. The maximum absolute atomic E-state index is 5.91. The van der Waals surface area contributed by atoms with Crippen LogP contribution >= 0.6 is 0 Å². The van der Waals surface area contributed by atoms with E-state index in [1.165, 1.54) is 11.3 Å². The Morgan fingerprint density at radius 3 is 2.50 bits per heavy atom. The van der Waals surface area contributed by atoms with E-state index in [0.29, 0.717) is 0 Å². The molecular weight excluding hydrogens is 164 g/mol. The summed E-state index contributed by atoms with van der Waals surface area (Å²) < 4.78 is 5.91. The molecule has 0 aliphatic heterocycles. The van der Waals surface area contributed by atoms with Gasteiger partial charge in [-0.25, -0.2) is 0 Å². The van der Waals surface area contributed by atoms with Gasteiger partial charge >= 0.3 is 0 Å². The van der Waals surface area contributed by atoms with Crippen LogP contribution in [0.15, 0.2) is 23.5 Å². The lowest BCUT2D eigenvalue weighted by Gasteiger charge is -2.23. The second-order valence-corrected chi connectivity index (χ2v) is 8.74. The highest BCUT2D eigenvalue weighted by molar-refractivity contribution is 6.70. The number of hydrogen-bond donors (Lipinski definition) is 0. The van der Waals surface area contributed by atoms with E-state index in [1.54, 1.807) is 0 Å². The van der Waals surface area contributed by atoms with Gasteiger partial charge in [0.1, 0.15) is 0 Å². The molecule has 1 aliphatic rings. The second-order valence-electron chi connectivity index (χ2n) is 4.31. The Kier molecular flexibility index (Phi) is 2.78. The van der Waals surface area contributed by atoms with Crippen LogP contribution in [0.3, 0.4) is 0 Å². The van der Waals surface area contributed by atoms with Gasteiger partial charge in [-0.05, 0) is 39.1 Å². The van der Waals surface area contributed by atoms with Crippen molar-refractivity contribution in [2.24, 2.45) is 0 Å². The Hall–Kier alpha value is -0.503. The average molecular weight is 182 g/mol. The Morgan fingerprint density at radius 2 is 2.00 bits per heavy atom. The SMILES string of the molecule is CC1=CCCC(O[Si](C)(C)C)=C1. The molecule has 0 bridgehead atoms. The van der Waals surface area contributed by atoms with Crippen LogP contribution in [-0.2, 0) is 4.43 Å². The number of hydrogen-bond acceptors (Lipinski definition) is 1. The molecule has 0 radical (unpaired) electrons. The van der Waals surface area contributed by atoms with Crippen LogP contribution in [0.2, 0.25) is 19.6 Å². The van der Waals surface area contributed by atoms with Crippen LogP contribution < -0.4 is 0 Å². The molecule has 0 N–H and O–H groups in total. The van der Waals surface area contributed by atoms with E-state index in [2.05, 4.69) is 38.7 Å². The molecule has 0 heterocycles. The molecule has 68 valence electrons. The first-order valence-corrected chi connectivity index (χ1v) is 7.94. The molecule has 1 nitrogen and oxygen atoms in total. The van der Waals surface area contributed by atoms with Gasteiger partial charge in [0, 0.05) is 6.42 Å². The van der Waals surface area contributed by atoms with Crippen LogP contribution in [-0.4, -0.2) is 8.32 Å². The van der Waals surface area contributed by atoms with Crippen molar-refractivity contribution in [1.29, 1.82) is 0 Å². The molecule has 1 aliphatic carbocycles. The van der Waals surface area contributed by atoms with Crippen LogP contribution in [0.25, 0.3) is 0 Å². The second kappa shape index (κ2) is 3.48. The lowest BCUT2D eigenvalue weighted by atomic mass is 10.1. The van der Waals surface area contributed by atoms with E-state index >= 15 is 0 Å². The fourth-order valence-electron chi connectivity index (χ4n) is 1.30. The van der Waals surface area contributed by atoms with Crippen LogP contribution in [0.5, 0.6) is 0 Å². The molecule has 12 heavy (non-hydrogen) atoms. The summed E-state index contributed by atoms with van der Waals surface area (Å²) in [7, 11) is -1.37. The highest BCUT2D eigenvalue weighted by atomic mass is 28.4. The van der Waals surface area contributed by atoms with Gasteiger partial charge in [0.2, 0.25) is 8.32 Å². The van der Waals surface area contributed by atoms with Gasteiger partial charge in [-0.1, -0.05) is 11.6 Å². The topological polar surface area (TPSA) is 9.23 Å². The maximum atomic E-state index is 5.91. The Labute approximate surface area is 76.3 Å². The molecule has 0 saturated carbocycles. The van der Waals surface area contributed by atoms with E-state index in [-0.39, 0.29) is 0 Å². The predicted molar refractivity (Wildman–Crippen MR) is 55.5 cm³/mol. The van der Waals surface area contributed by atoms with Crippen molar-refractivity contribution in [1.82, 2.24) is 0 Å². The molecule has 0 spiro atoms. The van der Waals surface area contributed by atoms with Crippen LogP contribution in [0.1, 0.15) is 19.8 Å². The monoisotopic (exact) mass is 182 g/mol. The summed E-state index contributed by atoms with van der Waals surface area (Å²) in [5.74, 6) is 1.19. The Bertz CT molecular complexity index is 220. The number of allylic oxidation sites excluding steroid dienone is 4. The van der Waals surface area contributed by atoms with Crippen molar-refractivity contribution in [3.05, 3.63) is 23.5 Å². The molecule has 1 rings (SSSR count). The molecule has 0 atom stereocenters. The standard InChI is InChI=1S/C10H18OSi/c1-9-6-5-7-10(8-9)11-12(2,3)4/h6,8H,5,7H2,1-4H3. The smallest absolute Gasteiger partial charge is 0.241 e. The molecular formula is C10H18OSi. The third-order valence-electron chi connectivity index (χ3n) is 1.68. The van der Waals surface area contributed by atoms with Crippen molar-refractivity contribution >= 4 is 8.32 Å². The van der Waals surface area contributed by atoms with Crippen molar-refractivity contribution in [3.8, 4) is 0 Å². The van der Waals surface area contributed by atoms with Gasteiger partial charge in [-0.2, -0.15) is 0 Å². The van der Waals surface area contributed by atoms with Crippen molar-refractivity contribution in [2.75, 3.05) is 0 Å². The third-order valence-corrected chi connectivity index (χ3v) is 2.56. The summed E-state index contributed by atoms with van der Waals surface area (Å²) in [6, 6.07) is 0. The molecule has 0 aromatic heterocycles. The van der Waals surface area contributed by atoms with E-state index in [0.717, 1.165) is 12.8 Å². The van der Waals surface area contributed by atoms with E-state index in [9.17, 15) is 0 Å². The Balaban J connectivity index is 2.59. The fraction of sp³-hybridized carbons (Fsp3) is 0.600. The van der Waals surface area contributed by atoms with Crippen LogP contribution in [0, 0.1) is 0 Å². The zero-order chi connectivity index (χ0) is 9.19. The first-order valence-electron chi connectivity index (χ1n) is 4.54. The van der Waals surface area contributed by atoms with Gasteiger partial charge in [0.15, 0.2) is 0 Å². The first-order chi connectivity index (χ1) is 5.47. The first kappa shape index (κ1) is 9.58. The summed E-state index contributed by atoms with van der Waals surface area (Å²) in [4.78, 5) is 0. The van der Waals surface area contributed by atoms with E-state index < -0.39 is 8.32 Å². The van der Waals surface area contributed by atoms with Crippen molar-refractivity contribution in [3.63, 3.8) is 0 Å². The highest BCUT2D eigenvalue weighted by Gasteiger charge is 2.18. The average Bonchev–Trinajstić information content (AvgIpc) is 1.82. The largest absolute Gasteiger partial charge is 0.547 e. The predicted octanol–water partition coefficient (Wildman–Crippen LogP) is 3.46. The van der Waals surface area contributed by atoms with Gasteiger partial charge in [-0.3, -0.25) is 0 Å². The zero-order valence-electron chi connectivity index (χ0n) is 8.48. The van der Waals surface area contributed by atoms with Gasteiger partial charge in [-0.15, -0.1) is 0 Å². The molecule has 0 unspecified atom stereocenters. The summed E-state index contributed by atoms with van der Waals surface area (Å²) in [6.07, 6.45) is 6.66. The lowest BCUT2D eigenvalue weighted by molar-refractivity contribution is 0.398. The van der Waals surface area contributed by atoms with Crippen molar-refractivity contribution < 1.29 is 4.43 Å². The Morgan fingerprint density at radius 1 is 1.33 bits per heavy atom. The normalized spacial score (nSPS) is 18.3. The molecule has 0 aromatic carbocycles. The quantitative estimate of drug-likeness (QED) is 0.594. The lowest BCUT2D eigenvalue weighted by Crippen LogP contribution is -2.25.